The summed E-state index contributed by atoms with van der Waals surface area (Å²) in [6.45, 7) is -2.03. The number of hydrogen-bond donors (Lipinski definition) is 1. The van der Waals surface area contributed by atoms with Gasteiger partial charge in [-0.1, -0.05) is 0 Å². The summed E-state index contributed by atoms with van der Waals surface area (Å²) in [5, 5.41) is 8.56. The molecule has 1 unspecified atom stereocenters. The number of rotatable bonds is 5. The van der Waals surface area contributed by atoms with Gasteiger partial charge < -0.3 is 14.6 Å². The van der Waals surface area contributed by atoms with Crippen LogP contribution in [-0.2, 0) is 19.1 Å². The van der Waals surface area contributed by atoms with Crippen molar-refractivity contribution in [2.45, 2.75) is 24.9 Å². The van der Waals surface area contributed by atoms with Gasteiger partial charge in [0.1, 0.15) is 6.10 Å². The van der Waals surface area contributed by atoms with Crippen molar-refractivity contribution in [3.8, 4) is 0 Å². The van der Waals surface area contributed by atoms with Gasteiger partial charge in [-0.2, -0.15) is 26.3 Å². The normalized spacial score (nSPS) is 13.8. The third-order valence-corrected chi connectivity index (χ3v) is 1.61. The second kappa shape index (κ2) is 6.59. The van der Waals surface area contributed by atoms with E-state index in [1.54, 1.807) is 0 Å². The Labute approximate surface area is 102 Å². The Morgan fingerprint density at radius 2 is 1.47 bits per heavy atom. The fourth-order valence-electron chi connectivity index (χ4n) is 0.771. The van der Waals surface area contributed by atoms with Crippen LogP contribution in [0.2, 0.25) is 0 Å². The quantitative estimate of drug-likeness (QED) is 0.604. The Morgan fingerprint density at radius 3 is 1.84 bits per heavy atom. The zero-order valence-electron chi connectivity index (χ0n) is 9.05. The molecular weight excluding hydrogens is 290 g/mol. The van der Waals surface area contributed by atoms with Gasteiger partial charge in [0.2, 0.25) is 0 Å². The maximum absolute atomic E-state index is 11.8. The van der Waals surface area contributed by atoms with Crippen LogP contribution >= 0.6 is 0 Å². The molecule has 0 aliphatic heterocycles. The fraction of sp³-hybridized carbons (Fsp3) is 0.750. The molecule has 0 aromatic heterocycles. The first-order valence-electron chi connectivity index (χ1n) is 4.61. The third kappa shape index (κ3) is 6.84. The molecule has 0 aromatic carbocycles. The Hall–Kier alpha value is -1.52. The molecule has 0 bridgehead atoms. The first-order chi connectivity index (χ1) is 8.48. The highest BCUT2D eigenvalue weighted by Gasteiger charge is 2.43. The van der Waals surface area contributed by atoms with Gasteiger partial charge in [-0.05, 0) is 0 Å². The van der Waals surface area contributed by atoms with Crippen molar-refractivity contribution in [1.29, 1.82) is 0 Å². The van der Waals surface area contributed by atoms with Crippen LogP contribution in [0.1, 0.15) is 6.42 Å². The Bertz CT molecular complexity index is 323. The Kier molecular flexibility index (Phi) is 6.06. The predicted molar refractivity (Wildman–Crippen MR) is 44.7 cm³/mol. The molecule has 0 spiro atoms. The Balaban J connectivity index is 4.16. The standard InChI is InChI=1S/C8H8F6O5/c9-7(10,11)5(16)18-2-1-4(3-15)19-6(17)8(12,13)14/h4,15H,1-3H2. The number of esters is 2. The van der Waals surface area contributed by atoms with E-state index in [-0.39, 0.29) is 0 Å². The summed E-state index contributed by atoms with van der Waals surface area (Å²) in [5.74, 6) is -5.14. The molecule has 0 aliphatic rings. The lowest BCUT2D eigenvalue weighted by molar-refractivity contribution is -0.209. The summed E-state index contributed by atoms with van der Waals surface area (Å²) in [4.78, 5) is 20.6. The number of alkyl halides is 6. The van der Waals surface area contributed by atoms with Crippen LogP contribution in [-0.4, -0.2) is 48.7 Å². The first-order valence-corrected chi connectivity index (χ1v) is 4.61. The second-order valence-corrected chi connectivity index (χ2v) is 3.13. The van der Waals surface area contributed by atoms with Crippen LogP contribution in [0.5, 0.6) is 0 Å². The molecule has 0 aliphatic carbocycles. The molecule has 0 fully saturated rings. The molecule has 0 amide bonds. The average molecular weight is 298 g/mol. The van der Waals surface area contributed by atoms with Gasteiger partial charge in [0.15, 0.2) is 0 Å². The second-order valence-electron chi connectivity index (χ2n) is 3.13. The van der Waals surface area contributed by atoms with Crippen molar-refractivity contribution in [3.05, 3.63) is 0 Å². The van der Waals surface area contributed by atoms with Crippen LogP contribution < -0.4 is 0 Å². The SMILES string of the molecule is O=C(OCCC(CO)OC(=O)C(F)(F)F)C(F)(F)F. The number of aliphatic hydroxyl groups excluding tert-OH is 1. The maximum Gasteiger partial charge on any atom is 0.490 e. The van der Waals surface area contributed by atoms with Crippen LogP contribution in [0.15, 0.2) is 0 Å². The van der Waals surface area contributed by atoms with E-state index >= 15 is 0 Å². The molecule has 0 aromatic rings. The molecule has 0 radical (unpaired) electrons. The van der Waals surface area contributed by atoms with Gasteiger partial charge in [0, 0.05) is 6.42 Å². The van der Waals surface area contributed by atoms with E-state index in [4.69, 9.17) is 5.11 Å². The third-order valence-electron chi connectivity index (χ3n) is 1.61. The van der Waals surface area contributed by atoms with Crippen molar-refractivity contribution in [3.63, 3.8) is 0 Å². The van der Waals surface area contributed by atoms with E-state index in [2.05, 4.69) is 9.47 Å². The van der Waals surface area contributed by atoms with Crippen molar-refractivity contribution in [2.75, 3.05) is 13.2 Å². The minimum Gasteiger partial charge on any atom is -0.459 e. The minimum atomic E-state index is -5.30. The first kappa shape index (κ1) is 17.5. The molecule has 1 N–H and O–H groups in total. The van der Waals surface area contributed by atoms with Gasteiger partial charge in [0.25, 0.3) is 0 Å². The number of halogens is 6. The highest BCUT2D eigenvalue weighted by Crippen LogP contribution is 2.19. The van der Waals surface area contributed by atoms with Crippen molar-refractivity contribution in [1.82, 2.24) is 0 Å². The van der Waals surface area contributed by atoms with Crippen molar-refractivity contribution >= 4 is 11.9 Å². The van der Waals surface area contributed by atoms with E-state index in [0.717, 1.165) is 0 Å². The number of hydrogen-bond acceptors (Lipinski definition) is 5. The van der Waals surface area contributed by atoms with Crippen LogP contribution in [0.4, 0.5) is 26.3 Å². The van der Waals surface area contributed by atoms with E-state index in [1.807, 2.05) is 0 Å². The number of carbonyl (C=O) groups excluding carboxylic acids is 2. The van der Waals surface area contributed by atoms with Gasteiger partial charge in [0.05, 0.1) is 13.2 Å². The monoisotopic (exact) mass is 298 g/mol. The van der Waals surface area contributed by atoms with E-state index < -0.39 is 50.0 Å². The Morgan fingerprint density at radius 1 is 1.00 bits per heavy atom. The van der Waals surface area contributed by atoms with Crippen LogP contribution in [0.3, 0.4) is 0 Å². The van der Waals surface area contributed by atoms with E-state index in [1.165, 1.54) is 0 Å². The number of carbonyl (C=O) groups is 2. The van der Waals surface area contributed by atoms with E-state index in [0.29, 0.717) is 0 Å². The molecule has 0 saturated carbocycles. The molecular formula is C8H8F6O5. The predicted octanol–water partition coefficient (Wildman–Crippen LogP) is 0.948. The van der Waals surface area contributed by atoms with Gasteiger partial charge in [-0.3, -0.25) is 0 Å². The smallest absolute Gasteiger partial charge is 0.459 e. The summed E-state index contributed by atoms with van der Waals surface area (Å²) in [6, 6.07) is 0. The van der Waals surface area contributed by atoms with Crippen molar-refractivity contribution in [2.24, 2.45) is 0 Å². The highest BCUT2D eigenvalue weighted by molar-refractivity contribution is 5.76. The summed E-state index contributed by atoms with van der Waals surface area (Å²) in [6.07, 6.45) is -13.0. The molecule has 0 heterocycles. The minimum absolute atomic E-state index is 0.708. The zero-order chi connectivity index (χ0) is 15.3. The van der Waals surface area contributed by atoms with Crippen molar-refractivity contribution < 1.29 is 50.5 Å². The summed E-state index contributed by atoms with van der Waals surface area (Å²) in [5.41, 5.74) is 0. The number of ether oxygens (including phenoxy) is 2. The molecule has 11 heteroatoms. The average Bonchev–Trinajstić information content (AvgIpc) is 2.24. The highest BCUT2D eigenvalue weighted by atomic mass is 19.4. The van der Waals surface area contributed by atoms with Gasteiger partial charge >= 0.3 is 24.3 Å². The summed E-state index contributed by atoms with van der Waals surface area (Å²) < 4.78 is 77.7. The molecule has 5 nitrogen and oxygen atoms in total. The summed E-state index contributed by atoms with van der Waals surface area (Å²) >= 11 is 0. The number of aliphatic hydroxyl groups is 1. The van der Waals surface area contributed by atoms with Gasteiger partial charge in [-0.15, -0.1) is 0 Å². The molecule has 0 rings (SSSR count). The zero-order valence-corrected chi connectivity index (χ0v) is 9.05. The van der Waals surface area contributed by atoms with Crippen LogP contribution in [0, 0.1) is 0 Å². The maximum atomic E-state index is 11.8. The lowest BCUT2D eigenvalue weighted by Gasteiger charge is -2.16. The molecule has 112 valence electrons. The lowest BCUT2D eigenvalue weighted by atomic mass is 10.3. The summed E-state index contributed by atoms with van der Waals surface area (Å²) in [7, 11) is 0. The molecule has 1 atom stereocenters. The van der Waals surface area contributed by atoms with Gasteiger partial charge in [-0.25, -0.2) is 9.59 Å². The van der Waals surface area contributed by atoms with E-state index in [9.17, 15) is 35.9 Å². The fourth-order valence-corrected chi connectivity index (χ4v) is 0.771. The van der Waals surface area contributed by atoms with Crippen LogP contribution in [0.25, 0.3) is 0 Å². The molecule has 19 heavy (non-hydrogen) atoms. The lowest BCUT2D eigenvalue weighted by Crippen LogP contribution is -2.33. The molecule has 0 saturated heterocycles. The topological polar surface area (TPSA) is 72.8 Å². The largest absolute Gasteiger partial charge is 0.490 e.